The molecule has 1 rings (SSSR count). The van der Waals surface area contributed by atoms with Crippen LogP contribution in [0.5, 0.6) is 0 Å². The second-order valence-corrected chi connectivity index (χ2v) is 6.99. The number of likely N-dealkylation sites (N-methyl/N-ethyl adjacent to an activating group) is 1. The number of nitrogens with zero attached hydrogens (tertiary/aromatic N) is 1. The predicted octanol–water partition coefficient (Wildman–Crippen LogP) is 4.18. The summed E-state index contributed by atoms with van der Waals surface area (Å²) in [5, 5.41) is 0.752. The highest BCUT2D eigenvalue weighted by atomic mass is 79.9. The Balaban J connectivity index is 2.89. The van der Waals surface area contributed by atoms with Crippen molar-refractivity contribution in [3.8, 4) is 0 Å². The van der Waals surface area contributed by atoms with Gasteiger partial charge in [0, 0.05) is 28.1 Å². The first kappa shape index (κ1) is 17.3. The smallest absolute Gasteiger partial charge is 0.0481 e. The Morgan fingerprint density at radius 3 is 2.74 bits per heavy atom. The fourth-order valence-corrected chi connectivity index (χ4v) is 3.35. The zero-order valence-electron chi connectivity index (χ0n) is 11.7. The van der Waals surface area contributed by atoms with E-state index in [0.29, 0.717) is 12.6 Å². The van der Waals surface area contributed by atoms with Gasteiger partial charge in [-0.05, 0) is 56.2 Å². The van der Waals surface area contributed by atoms with Crippen LogP contribution in [0.4, 0.5) is 0 Å². The summed E-state index contributed by atoms with van der Waals surface area (Å²) in [5.41, 5.74) is 7.14. The summed E-state index contributed by atoms with van der Waals surface area (Å²) in [6, 6.07) is 6.55. The average molecular weight is 366 g/mol. The molecule has 0 aliphatic heterocycles. The van der Waals surface area contributed by atoms with Crippen LogP contribution in [0.2, 0.25) is 5.02 Å². The molecule has 0 saturated carbocycles. The highest BCUT2D eigenvalue weighted by molar-refractivity contribution is 9.10. The molecule has 0 heterocycles. The van der Waals surface area contributed by atoms with Crippen molar-refractivity contribution in [3.05, 3.63) is 33.3 Å². The highest BCUT2D eigenvalue weighted by Gasteiger charge is 2.22. The van der Waals surface area contributed by atoms with Crippen molar-refractivity contribution in [1.29, 1.82) is 0 Å². The van der Waals surface area contributed by atoms with Gasteiger partial charge in [0.1, 0.15) is 0 Å². The maximum Gasteiger partial charge on any atom is 0.0481 e. The topological polar surface area (TPSA) is 29.3 Å². The number of thioether (sulfide) groups is 1. The van der Waals surface area contributed by atoms with Gasteiger partial charge >= 0.3 is 0 Å². The van der Waals surface area contributed by atoms with Crippen LogP contribution in [0, 0.1) is 0 Å². The molecule has 0 aliphatic rings. The third kappa shape index (κ3) is 4.94. The van der Waals surface area contributed by atoms with Crippen molar-refractivity contribution in [3.63, 3.8) is 0 Å². The van der Waals surface area contributed by atoms with Crippen molar-refractivity contribution in [2.75, 3.05) is 25.6 Å². The Labute approximate surface area is 134 Å². The number of rotatable bonds is 7. The van der Waals surface area contributed by atoms with Crippen LogP contribution in [0.3, 0.4) is 0 Å². The molecule has 0 aromatic heterocycles. The summed E-state index contributed by atoms with van der Waals surface area (Å²) in [7, 11) is 2.13. The minimum Gasteiger partial charge on any atom is -0.329 e. The molecule has 0 amide bonds. The Morgan fingerprint density at radius 2 is 2.16 bits per heavy atom. The molecule has 2 unspecified atom stereocenters. The number of hydrogen-bond acceptors (Lipinski definition) is 3. The molecule has 2 atom stereocenters. The van der Waals surface area contributed by atoms with E-state index in [1.807, 2.05) is 30.0 Å². The van der Waals surface area contributed by atoms with Crippen LogP contribution in [-0.4, -0.2) is 36.5 Å². The van der Waals surface area contributed by atoms with Gasteiger partial charge in [0.15, 0.2) is 0 Å². The normalized spacial score (nSPS) is 14.7. The Bertz CT molecular complexity index is 403. The zero-order chi connectivity index (χ0) is 14.4. The van der Waals surface area contributed by atoms with Gasteiger partial charge in [0.05, 0.1) is 0 Å². The summed E-state index contributed by atoms with van der Waals surface area (Å²) >= 11 is 11.6. The number of benzene rings is 1. The molecule has 0 spiro atoms. The van der Waals surface area contributed by atoms with Crippen LogP contribution in [0.15, 0.2) is 22.7 Å². The lowest BCUT2D eigenvalue weighted by Crippen LogP contribution is -2.37. The monoisotopic (exact) mass is 364 g/mol. The van der Waals surface area contributed by atoms with E-state index in [9.17, 15) is 0 Å². The maximum atomic E-state index is 6.10. The molecule has 19 heavy (non-hydrogen) atoms. The van der Waals surface area contributed by atoms with Gasteiger partial charge in [-0.2, -0.15) is 11.8 Å². The van der Waals surface area contributed by atoms with E-state index in [0.717, 1.165) is 21.5 Å². The fraction of sp³-hybridized carbons (Fsp3) is 0.571. The number of halogens is 2. The third-order valence-electron chi connectivity index (χ3n) is 3.47. The summed E-state index contributed by atoms with van der Waals surface area (Å²) < 4.78 is 1.07. The Morgan fingerprint density at radius 1 is 1.47 bits per heavy atom. The van der Waals surface area contributed by atoms with E-state index < -0.39 is 0 Å². The molecule has 0 radical (unpaired) electrons. The Kier molecular flexibility index (Phi) is 7.77. The lowest BCUT2D eigenvalue weighted by molar-refractivity contribution is 0.185. The van der Waals surface area contributed by atoms with E-state index in [1.54, 1.807) is 0 Å². The summed E-state index contributed by atoms with van der Waals surface area (Å²) in [4.78, 5) is 2.34. The predicted molar refractivity (Wildman–Crippen MR) is 91.2 cm³/mol. The van der Waals surface area contributed by atoms with Gasteiger partial charge in [-0.15, -0.1) is 0 Å². The van der Waals surface area contributed by atoms with Crippen LogP contribution in [0.25, 0.3) is 0 Å². The van der Waals surface area contributed by atoms with Crippen LogP contribution in [-0.2, 0) is 0 Å². The van der Waals surface area contributed by atoms with Crippen molar-refractivity contribution >= 4 is 39.3 Å². The van der Waals surface area contributed by atoms with E-state index in [4.69, 9.17) is 17.3 Å². The SMILES string of the molecule is CSCCC(C)N(C)C(CN)c1cc(Cl)ccc1Br. The first-order valence-corrected chi connectivity index (χ1v) is 8.93. The van der Waals surface area contributed by atoms with Crippen LogP contribution >= 0.6 is 39.3 Å². The van der Waals surface area contributed by atoms with Crippen molar-refractivity contribution in [1.82, 2.24) is 4.90 Å². The molecule has 0 saturated heterocycles. The molecule has 2 nitrogen and oxygen atoms in total. The van der Waals surface area contributed by atoms with Crippen LogP contribution in [0.1, 0.15) is 24.9 Å². The van der Waals surface area contributed by atoms with E-state index in [2.05, 4.69) is 41.1 Å². The number of hydrogen-bond donors (Lipinski definition) is 1. The van der Waals surface area contributed by atoms with Crippen LogP contribution < -0.4 is 5.73 Å². The lowest BCUT2D eigenvalue weighted by Gasteiger charge is -2.33. The van der Waals surface area contributed by atoms with E-state index in [-0.39, 0.29) is 6.04 Å². The van der Waals surface area contributed by atoms with Crippen molar-refractivity contribution in [2.24, 2.45) is 5.73 Å². The largest absolute Gasteiger partial charge is 0.329 e. The maximum absolute atomic E-state index is 6.10. The second-order valence-electron chi connectivity index (χ2n) is 4.71. The molecular weight excluding hydrogens is 344 g/mol. The molecule has 0 aliphatic carbocycles. The highest BCUT2D eigenvalue weighted by Crippen LogP contribution is 2.30. The average Bonchev–Trinajstić information content (AvgIpc) is 2.40. The molecule has 0 fully saturated rings. The summed E-state index contributed by atoms with van der Waals surface area (Å²) in [6.45, 7) is 2.83. The molecule has 1 aromatic carbocycles. The zero-order valence-corrected chi connectivity index (χ0v) is 14.9. The molecule has 5 heteroatoms. The molecular formula is C14H22BrClN2S. The van der Waals surface area contributed by atoms with Gasteiger partial charge < -0.3 is 5.73 Å². The number of nitrogens with two attached hydrogens (primary N) is 1. The van der Waals surface area contributed by atoms with E-state index >= 15 is 0 Å². The fourth-order valence-electron chi connectivity index (χ4n) is 2.08. The van der Waals surface area contributed by atoms with Gasteiger partial charge in [0.25, 0.3) is 0 Å². The molecule has 108 valence electrons. The van der Waals surface area contributed by atoms with Gasteiger partial charge in [-0.1, -0.05) is 27.5 Å². The standard InChI is InChI=1S/C14H22BrClN2S/c1-10(6-7-19-3)18(2)14(9-17)12-8-11(16)4-5-13(12)15/h4-5,8,10,14H,6-7,9,17H2,1-3H3. The first-order valence-electron chi connectivity index (χ1n) is 6.37. The molecule has 1 aromatic rings. The van der Waals surface area contributed by atoms with Crippen molar-refractivity contribution < 1.29 is 0 Å². The quantitative estimate of drug-likeness (QED) is 0.786. The summed E-state index contributed by atoms with van der Waals surface area (Å²) in [5.74, 6) is 1.17. The van der Waals surface area contributed by atoms with Gasteiger partial charge in [-0.3, -0.25) is 4.90 Å². The van der Waals surface area contributed by atoms with E-state index in [1.165, 1.54) is 5.75 Å². The summed E-state index contributed by atoms with van der Waals surface area (Å²) in [6.07, 6.45) is 3.30. The first-order chi connectivity index (χ1) is 9.01. The van der Waals surface area contributed by atoms with Gasteiger partial charge in [-0.25, -0.2) is 0 Å². The minimum atomic E-state index is 0.185. The van der Waals surface area contributed by atoms with Gasteiger partial charge in [0.2, 0.25) is 0 Å². The Hall–Kier alpha value is 0.260. The molecule has 2 N–H and O–H groups in total. The second kappa shape index (κ2) is 8.53. The minimum absolute atomic E-state index is 0.185. The molecule has 0 bridgehead atoms. The lowest BCUT2D eigenvalue weighted by atomic mass is 10.0. The van der Waals surface area contributed by atoms with Crippen molar-refractivity contribution in [2.45, 2.75) is 25.4 Å². The third-order valence-corrected chi connectivity index (χ3v) is 5.07.